The molecule has 0 saturated carbocycles. The van der Waals surface area contributed by atoms with E-state index in [-0.39, 0.29) is 10.5 Å². The number of aromatic nitrogens is 4. The Morgan fingerprint density at radius 3 is 2.39 bits per heavy atom. The molecule has 4 rings (SSSR count). The van der Waals surface area contributed by atoms with Crippen molar-refractivity contribution in [2.75, 3.05) is 6.26 Å². The Labute approximate surface area is 161 Å². The quantitative estimate of drug-likeness (QED) is 0.498. The summed E-state index contributed by atoms with van der Waals surface area (Å²) in [4.78, 5) is 8.58. The Bertz CT molecular complexity index is 1280. The molecule has 0 saturated heterocycles. The van der Waals surface area contributed by atoms with E-state index in [2.05, 4.69) is 15.1 Å². The molecule has 0 aliphatic carbocycles. The third kappa shape index (κ3) is 3.38. The maximum absolute atomic E-state index is 12.9. The van der Waals surface area contributed by atoms with Crippen LogP contribution in [0.5, 0.6) is 0 Å². The van der Waals surface area contributed by atoms with E-state index in [1.807, 2.05) is 0 Å². The summed E-state index contributed by atoms with van der Waals surface area (Å²) in [6, 6.07) is 7.21. The largest absolute Gasteiger partial charge is 0.417 e. The molecule has 0 fully saturated rings. The minimum atomic E-state index is -4.49. The molecule has 0 bridgehead atoms. The maximum Gasteiger partial charge on any atom is 0.417 e. The molecule has 1 aromatic carbocycles. The fourth-order valence-electron chi connectivity index (χ4n) is 2.59. The van der Waals surface area contributed by atoms with Gasteiger partial charge in [0.25, 0.3) is 0 Å². The smallest absolute Gasteiger partial charge is 0.263 e. The van der Waals surface area contributed by atoms with E-state index < -0.39 is 21.6 Å². The van der Waals surface area contributed by atoms with Gasteiger partial charge in [-0.25, -0.2) is 17.9 Å². The number of sulfone groups is 1. The van der Waals surface area contributed by atoms with Crippen molar-refractivity contribution in [2.45, 2.75) is 11.1 Å². The van der Waals surface area contributed by atoms with Crippen LogP contribution in [0.25, 0.3) is 26.8 Å². The van der Waals surface area contributed by atoms with Gasteiger partial charge in [0.05, 0.1) is 22.3 Å². The standard InChI is InChI=1S/C17H11F3N4O2S2/c1-28(25,26)13-4-2-10(3-5-13)14-9-22-16-24(14)23-15(27-16)11-6-12(8-21-7-11)17(18,19)20/h2-9H,1H3. The fraction of sp³-hybridized carbons (Fsp3) is 0.118. The highest BCUT2D eigenvalue weighted by molar-refractivity contribution is 7.90. The molecule has 0 aliphatic heterocycles. The Hall–Kier alpha value is -2.79. The predicted octanol–water partition coefficient (Wildman–Crippen LogP) is 3.94. The van der Waals surface area contributed by atoms with Gasteiger partial charge in [-0.3, -0.25) is 4.98 Å². The van der Waals surface area contributed by atoms with Gasteiger partial charge >= 0.3 is 6.18 Å². The summed E-state index contributed by atoms with van der Waals surface area (Å²) < 4.78 is 63.4. The molecule has 0 N–H and O–H groups in total. The zero-order valence-electron chi connectivity index (χ0n) is 14.2. The van der Waals surface area contributed by atoms with Crippen LogP contribution in [-0.2, 0) is 16.0 Å². The van der Waals surface area contributed by atoms with Crippen molar-refractivity contribution in [3.05, 3.63) is 54.5 Å². The summed E-state index contributed by atoms with van der Waals surface area (Å²) in [5, 5.41) is 4.70. The minimum Gasteiger partial charge on any atom is -0.263 e. The van der Waals surface area contributed by atoms with Gasteiger partial charge in [0.15, 0.2) is 9.84 Å². The molecule has 0 spiro atoms. The number of pyridine rings is 1. The van der Waals surface area contributed by atoms with Crippen molar-refractivity contribution in [3.63, 3.8) is 0 Å². The first-order chi connectivity index (χ1) is 13.1. The van der Waals surface area contributed by atoms with Crippen molar-refractivity contribution >= 4 is 26.1 Å². The number of halogens is 3. The lowest BCUT2D eigenvalue weighted by molar-refractivity contribution is -0.137. The molecular weight excluding hydrogens is 413 g/mol. The summed E-state index contributed by atoms with van der Waals surface area (Å²) in [5.74, 6) is 0. The van der Waals surface area contributed by atoms with E-state index in [9.17, 15) is 21.6 Å². The first kappa shape index (κ1) is 18.6. The second-order valence-corrected chi connectivity index (χ2v) is 8.97. The van der Waals surface area contributed by atoms with Crippen molar-refractivity contribution in [3.8, 4) is 21.8 Å². The topological polar surface area (TPSA) is 77.2 Å². The van der Waals surface area contributed by atoms with Gasteiger partial charge in [0.2, 0.25) is 4.96 Å². The van der Waals surface area contributed by atoms with E-state index in [1.54, 1.807) is 18.3 Å². The summed E-state index contributed by atoms with van der Waals surface area (Å²) in [6.07, 6.45) is 0.273. The molecule has 28 heavy (non-hydrogen) atoms. The molecule has 0 atom stereocenters. The van der Waals surface area contributed by atoms with E-state index in [4.69, 9.17) is 0 Å². The summed E-state index contributed by atoms with van der Waals surface area (Å²) in [5.41, 5.74) is 0.662. The number of hydrogen-bond donors (Lipinski definition) is 0. The first-order valence-electron chi connectivity index (χ1n) is 7.80. The zero-order chi connectivity index (χ0) is 20.1. The monoisotopic (exact) mass is 424 g/mol. The molecule has 0 radical (unpaired) electrons. The molecule has 0 aliphatic rings. The van der Waals surface area contributed by atoms with Gasteiger partial charge in [-0.1, -0.05) is 23.5 Å². The first-order valence-corrected chi connectivity index (χ1v) is 10.5. The zero-order valence-corrected chi connectivity index (χ0v) is 15.8. The van der Waals surface area contributed by atoms with E-state index in [0.717, 1.165) is 29.9 Å². The lowest BCUT2D eigenvalue weighted by atomic mass is 10.2. The lowest BCUT2D eigenvalue weighted by Crippen LogP contribution is -2.05. The van der Waals surface area contributed by atoms with Crippen LogP contribution >= 0.6 is 11.3 Å². The van der Waals surface area contributed by atoms with Crippen molar-refractivity contribution < 1.29 is 21.6 Å². The Morgan fingerprint density at radius 2 is 1.75 bits per heavy atom. The van der Waals surface area contributed by atoms with Crippen LogP contribution in [0.2, 0.25) is 0 Å². The molecule has 0 unspecified atom stereocenters. The highest BCUT2D eigenvalue weighted by atomic mass is 32.2. The summed E-state index contributed by atoms with van der Waals surface area (Å²) >= 11 is 1.13. The predicted molar refractivity (Wildman–Crippen MR) is 97.6 cm³/mol. The van der Waals surface area contributed by atoms with Gasteiger partial charge < -0.3 is 0 Å². The molecular formula is C17H11F3N4O2S2. The molecule has 4 aromatic rings. The Balaban J connectivity index is 1.76. The van der Waals surface area contributed by atoms with Crippen LogP contribution < -0.4 is 0 Å². The molecule has 144 valence electrons. The number of hydrogen-bond acceptors (Lipinski definition) is 6. The molecule has 11 heteroatoms. The third-order valence-corrected chi connectivity index (χ3v) is 6.08. The number of imidazole rings is 1. The second-order valence-electron chi connectivity index (χ2n) is 6.00. The van der Waals surface area contributed by atoms with Crippen molar-refractivity contribution in [1.29, 1.82) is 0 Å². The van der Waals surface area contributed by atoms with Crippen LogP contribution in [0.1, 0.15) is 5.56 Å². The Morgan fingerprint density at radius 1 is 1.04 bits per heavy atom. The average Bonchev–Trinajstić information content (AvgIpc) is 3.21. The second kappa shape index (κ2) is 6.38. The van der Waals surface area contributed by atoms with Gasteiger partial charge in [0.1, 0.15) is 5.01 Å². The van der Waals surface area contributed by atoms with E-state index in [0.29, 0.717) is 21.2 Å². The van der Waals surface area contributed by atoms with Crippen LogP contribution in [0.15, 0.2) is 53.8 Å². The van der Waals surface area contributed by atoms with Gasteiger partial charge in [-0.05, 0) is 18.2 Å². The van der Waals surface area contributed by atoms with Crippen LogP contribution in [0.3, 0.4) is 0 Å². The fourth-order valence-corrected chi connectivity index (χ4v) is 4.08. The molecule has 6 nitrogen and oxygen atoms in total. The molecule has 0 amide bonds. The van der Waals surface area contributed by atoms with E-state index >= 15 is 0 Å². The number of nitrogens with zero attached hydrogens (tertiary/aromatic N) is 4. The minimum absolute atomic E-state index is 0.186. The number of alkyl halides is 3. The van der Waals surface area contributed by atoms with Crippen molar-refractivity contribution in [2.24, 2.45) is 0 Å². The SMILES string of the molecule is CS(=O)(=O)c1ccc(-c2cnc3sc(-c4cncc(C(F)(F)F)c4)nn23)cc1. The number of benzene rings is 1. The van der Waals surface area contributed by atoms with Crippen LogP contribution in [0, 0.1) is 0 Å². The van der Waals surface area contributed by atoms with Crippen LogP contribution in [-0.4, -0.2) is 34.3 Å². The normalized spacial score (nSPS) is 12.6. The summed E-state index contributed by atoms with van der Waals surface area (Å²) in [6.45, 7) is 0. The van der Waals surface area contributed by atoms with Gasteiger partial charge in [-0.15, -0.1) is 0 Å². The molecule has 3 heterocycles. The maximum atomic E-state index is 12.9. The van der Waals surface area contributed by atoms with Gasteiger partial charge in [0, 0.05) is 29.8 Å². The van der Waals surface area contributed by atoms with Gasteiger partial charge in [-0.2, -0.15) is 18.3 Å². The Kier molecular flexibility index (Phi) is 4.23. The van der Waals surface area contributed by atoms with Crippen LogP contribution in [0.4, 0.5) is 13.2 Å². The van der Waals surface area contributed by atoms with Crippen molar-refractivity contribution in [1.82, 2.24) is 19.6 Å². The average molecular weight is 424 g/mol. The highest BCUT2D eigenvalue weighted by Crippen LogP contribution is 2.33. The molecule has 3 aromatic heterocycles. The summed E-state index contributed by atoms with van der Waals surface area (Å²) in [7, 11) is -3.31. The lowest BCUT2D eigenvalue weighted by Gasteiger charge is -2.06. The number of fused-ring (bicyclic) bond motifs is 1. The van der Waals surface area contributed by atoms with E-state index in [1.165, 1.54) is 22.8 Å². The number of rotatable bonds is 3. The third-order valence-electron chi connectivity index (χ3n) is 3.98. The highest BCUT2D eigenvalue weighted by Gasteiger charge is 2.31.